The van der Waals surface area contributed by atoms with Crippen LogP contribution in [0.4, 0.5) is 11.4 Å². The molecule has 1 atom stereocenters. The molecule has 0 bridgehead atoms. The minimum Gasteiger partial charge on any atom is -0.485 e. The summed E-state index contributed by atoms with van der Waals surface area (Å²) in [6.45, 7) is 9.14. The number of benzene rings is 2. The van der Waals surface area contributed by atoms with Crippen LogP contribution in [0.1, 0.15) is 32.3 Å². The van der Waals surface area contributed by atoms with E-state index >= 15 is 0 Å². The first-order valence-electron chi connectivity index (χ1n) is 9.60. The van der Waals surface area contributed by atoms with Crippen molar-refractivity contribution in [1.29, 1.82) is 0 Å². The van der Waals surface area contributed by atoms with E-state index in [1.165, 1.54) is 11.3 Å². The smallest absolute Gasteiger partial charge is 0.173 e. The average Bonchev–Trinajstić information content (AvgIpc) is 2.67. The normalized spacial score (nSPS) is 15.9. The zero-order valence-electron chi connectivity index (χ0n) is 16.6. The highest BCUT2D eigenvalue weighted by Gasteiger charge is 2.26. The van der Waals surface area contributed by atoms with Crippen LogP contribution in [0.2, 0.25) is 0 Å². The van der Waals surface area contributed by atoms with Gasteiger partial charge in [0.25, 0.3) is 0 Å². The van der Waals surface area contributed by atoms with Gasteiger partial charge in [-0.25, -0.2) is 0 Å². The Kier molecular flexibility index (Phi) is 6.22. The number of anilines is 2. The third-order valence-electron chi connectivity index (χ3n) is 4.96. The summed E-state index contributed by atoms with van der Waals surface area (Å²) in [6.07, 6.45) is 0.0768. The number of hydrogen-bond donors (Lipinski definition) is 1. The summed E-state index contributed by atoms with van der Waals surface area (Å²) in [5, 5.41) is 4.04. The van der Waals surface area contributed by atoms with Gasteiger partial charge < -0.3 is 19.9 Å². The highest BCUT2D eigenvalue weighted by Crippen LogP contribution is 2.32. The quantitative estimate of drug-likeness (QED) is 0.754. The van der Waals surface area contributed by atoms with E-state index in [1.54, 1.807) is 0 Å². The second-order valence-electron chi connectivity index (χ2n) is 7.33. The average molecular weight is 384 g/mol. The van der Waals surface area contributed by atoms with Gasteiger partial charge in [-0.3, -0.25) is 0 Å². The molecule has 0 radical (unpaired) electrons. The number of nitrogens with zero attached hydrogens (tertiary/aromatic N) is 2. The molecule has 3 rings (SSSR count). The monoisotopic (exact) mass is 383 g/mol. The van der Waals surface area contributed by atoms with Crippen LogP contribution >= 0.6 is 12.2 Å². The van der Waals surface area contributed by atoms with Crippen molar-refractivity contribution in [2.45, 2.75) is 32.8 Å². The fourth-order valence-electron chi connectivity index (χ4n) is 3.33. The van der Waals surface area contributed by atoms with Crippen molar-refractivity contribution in [3.8, 4) is 5.75 Å². The molecule has 1 aliphatic heterocycles. The van der Waals surface area contributed by atoms with E-state index < -0.39 is 0 Å². The fraction of sp³-hybridized carbons (Fsp3) is 0.409. The largest absolute Gasteiger partial charge is 0.485 e. The summed E-state index contributed by atoms with van der Waals surface area (Å²) in [4.78, 5) is 4.41. The molecule has 0 aliphatic carbocycles. The third kappa shape index (κ3) is 4.72. The van der Waals surface area contributed by atoms with Gasteiger partial charge in [-0.15, -0.1) is 0 Å². The first-order chi connectivity index (χ1) is 13.0. The number of hydrogen-bond acceptors (Lipinski definition) is 3. The summed E-state index contributed by atoms with van der Waals surface area (Å²) < 4.78 is 6.21. The highest BCUT2D eigenvalue weighted by atomic mass is 32.1. The van der Waals surface area contributed by atoms with Gasteiger partial charge in [-0.2, -0.15) is 0 Å². The Morgan fingerprint density at radius 3 is 2.59 bits per heavy atom. The maximum absolute atomic E-state index is 6.21. The molecular formula is C22H29N3OS. The Morgan fingerprint density at radius 1 is 1.22 bits per heavy atom. The van der Waals surface area contributed by atoms with Crippen LogP contribution in [-0.2, 0) is 0 Å². The van der Waals surface area contributed by atoms with Crippen LogP contribution in [0.25, 0.3) is 0 Å². The van der Waals surface area contributed by atoms with Gasteiger partial charge in [0.1, 0.15) is 11.9 Å². The zero-order valence-corrected chi connectivity index (χ0v) is 17.4. The van der Waals surface area contributed by atoms with Crippen molar-refractivity contribution in [3.05, 3.63) is 54.1 Å². The molecule has 5 heteroatoms. The predicted molar refractivity (Wildman–Crippen MR) is 118 cm³/mol. The lowest BCUT2D eigenvalue weighted by atomic mass is 10.0. The van der Waals surface area contributed by atoms with E-state index in [0.29, 0.717) is 11.0 Å². The van der Waals surface area contributed by atoms with Gasteiger partial charge in [-0.05, 0) is 54.9 Å². The predicted octanol–water partition coefficient (Wildman–Crippen LogP) is 4.73. The molecule has 1 N–H and O–H groups in total. The van der Waals surface area contributed by atoms with Crippen LogP contribution in [0.5, 0.6) is 5.75 Å². The van der Waals surface area contributed by atoms with Gasteiger partial charge >= 0.3 is 0 Å². The number of para-hydroxylation sites is 2. The van der Waals surface area contributed by atoms with Gasteiger partial charge in [-0.1, -0.05) is 38.1 Å². The Labute approximate surface area is 168 Å². The number of likely N-dealkylation sites (N-methyl/N-ethyl adjacent to an activating group) is 2. The van der Waals surface area contributed by atoms with Crippen LogP contribution in [0.15, 0.2) is 48.5 Å². The molecule has 2 aromatic carbocycles. The second kappa shape index (κ2) is 8.61. The molecule has 0 saturated carbocycles. The maximum Gasteiger partial charge on any atom is 0.173 e. The Bertz CT molecular complexity index is 775. The van der Waals surface area contributed by atoms with E-state index in [-0.39, 0.29) is 6.10 Å². The van der Waals surface area contributed by atoms with Crippen molar-refractivity contribution in [2.24, 2.45) is 0 Å². The summed E-state index contributed by atoms with van der Waals surface area (Å²) in [5.74, 6) is 1.48. The van der Waals surface area contributed by atoms with E-state index in [0.717, 1.165) is 31.1 Å². The Morgan fingerprint density at radius 2 is 1.93 bits per heavy atom. The number of fused-ring (bicyclic) bond motifs is 1. The topological polar surface area (TPSA) is 27.7 Å². The van der Waals surface area contributed by atoms with E-state index in [4.69, 9.17) is 17.0 Å². The molecule has 0 fully saturated rings. The lowest BCUT2D eigenvalue weighted by Gasteiger charge is -2.37. The fourth-order valence-corrected chi connectivity index (χ4v) is 3.52. The van der Waals surface area contributed by atoms with Crippen molar-refractivity contribution in [2.75, 3.05) is 36.9 Å². The lowest BCUT2D eigenvalue weighted by molar-refractivity contribution is 0.169. The van der Waals surface area contributed by atoms with Crippen molar-refractivity contribution >= 4 is 28.7 Å². The number of thiocarbonyl (C=S) groups is 1. The molecule has 0 amide bonds. The van der Waals surface area contributed by atoms with Crippen LogP contribution in [0.3, 0.4) is 0 Å². The Balaban J connectivity index is 1.60. The molecule has 0 aromatic heterocycles. The molecule has 4 nitrogen and oxygen atoms in total. The van der Waals surface area contributed by atoms with Crippen molar-refractivity contribution in [3.63, 3.8) is 0 Å². The van der Waals surface area contributed by atoms with E-state index in [1.807, 2.05) is 19.2 Å². The molecule has 27 heavy (non-hydrogen) atoms. The van der Waals surface area contributed by atoms with Crippen LogP contribution in [-0.4, -0.2) is 42.8 Å². The van der Waals surface area contributed by atoms with Gasteiger partial charge in [0.15, 0.2) is 5.11 Å². The third-order valence-corrected chi connectivity index (χ3v) is 5.37. The molecule has 0 spiro atoms. The number of nitrogens with one attached hydrogen (secondary N) is 1. The molecule has 1 heterocycles. The zero-order chi connectivity index (χ0) is 19.4. The standard InChI is InChI=1S/C22H29N3OS/c1-5-25-15-19(26-21-9-7-6-8-20(21)25)14-24(4)22(27)23-18-12-10-17(11-13-18)16(2)3/h6-13,16,19H,5,14-15H2,1-4H3,(H,23,27)/t19-/m1/s1. The molecular weight excluding hydrogens is 354 g/mol. The van der Waals surface area contributed by atoms with Crippen molar-refractivity contribution in [1.82, 2.24) is 4.90 Å². The van der Waals surface area contributed by atoms with E-state index in [9.17, 15) is 0 Å². The molecule has 2 aromatic rings. The SMILES string of the molecule is CCN1C[C@@H](CN(C)C(=S)Nc2ccc(C(C)C)cc2)Oc2ccccc21. The molecule has 144 valence electrons. The minimum absolute atomic E-state index is 0.0768. The minimum atomic E-state index is 0.0768. The molecule has 0 saturated heterocycles. The summed E-state index contributed by atoms with van der Waals surface area (Å²) in [6, 6.07) is 16.7. The Hall–Kier alpha value is -2.27. The van der Waals surface area contributed by atoms with Gasteiger partial charge in [0.05, 0.1) is 18.8 Å². The molecule has 0 unspecified atom stereocenters. The summed E-state index contributed by atoms with van der Waals surface area (Å²) in [7, 11) is 2.01. The number of ether oxygens (including phenoxy) is 1. The van der Waals surface area contributed by atoms with Crippen LogP contribution < -0.4 is 15.0 Å². The van der Waals surface area contributed by atoms with Crippen molar-refractivity contribution < 1.29 is 4.74 Å². The summed E-state index contributed by atoms with van der Waals surface area (Å²) in [5.41, 5.74) is 3.51. The van der Waals surface area contributed by atoms with Crippen LogP contribution in [0, 0.1) is 0 Å². The van der Waals surface area contributed by atoms with Gasteiger partial charge in [0.2, 0.25) is 0 Å². The lowest BCUT2D eigenvalue weighted by Crippen LogP contribution is -2.47. The summed E-state index contributed by atoms with van der Waals surface area (Å²) >= 11 is 5.59. The number of rotatable bonds is 5. The van der Waals surface area contributed by atoms with Gasteiger partial charge in [0, 0.05) is 19.3 Å². The van der Waals surface area contributed by atoms with E-state index in [2.05, 4.69) is 72.3 Å². The first-order valence-corrected chi connectivity index (χ1v) is 10.0. The first kappa shape index (κ1) is 19.5. The molecule has 1 aliphatic rings. The second-order valence-corrected chi connectivity index (χ2v) is 7.72. The highest BCUT2D eigenvalue weighted by molar-refractivity contribution is 7.80. The maximum atomic E-state index is 6.21.